The highest BCUT2D eigenvalue weighted by Gasteiger charge is 2.25. The lowest BCUT2D eigenvalue weighted by molar-refractivity contribution is 0.869. The van der Waals surface area contributed by atoms with Crippen molar-refractivity contribution in [1.29, 1.82) is 0 Å². The van der Waals surface area contributed by atoms with Crippen LogP contribution in [0.25, 0.3) is 94.0 Å². The van der Waals surface area contributed by atoms with E-state index in [9.17, 15) is 0 Å². The monoisotopic (exact) mass is 615 g/mol. The zero-order valence-corrected chi connectivity index (χ0v) is 26.5. The second-order valence-corrected chi connectivity index (χ2v) is 13.4. The van der Waals surface area contributed by atoms with E-state index in [1.165, 1.54) is 49.4 Å². The Morgan fingerprint density at radius 3 is 1.50 bits per heavy atom. The van der Waals surface area contributed by atoms with E-state index in [1.807, 2.05) is 0 Å². The minimum absolute atomic E-state index is 0.357. The first-order valence-electron chi connectivity index (χ1n) is 16.6. The number of hydrogen-bond acceptors (Lipinski definition) is 2. The van der Waals surface area contributed by atoms with Crippen LogP contribution in [0, 0.1) is 0 Å². The molecule has 48 heavy (non-hydrogen) atoms. The van der Waals surface area contributed by atoms with Gasteiger partial charge in [-0.1, -0.05) is 105 Å². The number of fused-ring (bicyclic) bond motifs is 12. The lowest BCUT2D eigenvalue weighted by Crippen LogP contribution is -1.95. The molecule has 0 amide bonds. The van der Waals surface area contributed by atoms with E-state index in [1.54, 1.807) is 0 Å². The average molecular weight is 616 g/mol. The quantitative estimate of drug-likeness (QED) is 0.198. The second kappa shape index (κ2) is 9.20. The van der Waals surface area contributed by atoms with E-state index in [0.717, 1.165) is 50.2 Å². The molecule has 11 rings (SSSR count). The molecule has 0 aliphatic rings. The van der Waals surface area contributed by atoms with Gasteiger partial charge in [0.2, 0.25) is 11.6 Å². The van der Waals surface area contributed by atoms with Gasteiger partial charge >= 0.3 is 0 Å². The SMILES string of the molecule is CC(C)c1ccc(-c2ccccc2)cc1-c1cc2c3c(c1)n1c4cc5ccccc5cc4nc1n3c1nc3cc4ccccc4cc3n21. The number of benzene rings is 7. The fourth-order valence-corrected chi connectivity index (χ4v) is 8.01. The number of hydrogen-bond donors (Lipinski definition) is 0. The van der Waals surface area contributed by atoms with Crippen LogP contribution < -0.4 is 0 Å². The molecule has 0 saturated carbocycles. The summed E-state index contributed by atoms with van der Waals surface area (Å²) in [4.78, 5) is 10.6. The molecule has 0 aliphatic carbocycles. The van der Waals surface area contributed by atoms with Crippen molar-refractivity contribution in [3.63, 3.8) is 0 Å². The largest absolute Gasteiger partial charge is 0.276 e. The summed E-state index contributed by atoms with van der Waals surface area (Å²) in [6, 6.07) is 48.5. The molecule has 5 nitrogen and oxygen atoms in total. The fourth-order valence-electron chi connectivity index (χ4n) is 8.01. The van der Waals surface area contributed by atoms with Crippen LogP contribution >= 0.6 is 0 Å². The van der Waals surface area contributed by atoms with Gasteiger partial charge in [0.05, 0.1) is 33.1 Å². The predicted molar refractivity (Wildman–Crippen MR) is 199 cm³/mol. The Hall–Kier alpha value is -6.20. The summed E-state index contributed by atoms with van der Waals surface area (Å²) in [7, 11) is 0. The van der Waals surface area contributed by atoms with Crippen molar-refractivity contribution >= 4 is 71.7 Å². The molecule has 11 aromatic rings. The maximum absolute atomic E-state index is 5.31. The molecule has 0 aliphatic heterocycles. The molecule has 7 aromatic carbocycles. The lowest BCUT2D eigenvalue weighted by Gasteiger charge is -2.16. The predicted octanol–water partition coefficient (Wildman–Crippen LogP) is 10.9. The van der Waals surface area contributed by atoms with Crippen molar-refractivity contribution in [1.82, 2.24) is 23.2 Å². The molecular weight excluding hydrogens is 587 g/mol. The normalized spacial score (nSPS) is 12.6. The maximum Gasteiger partial charge on any atom is 0.223 e. The molecule has 0 unspecified atom stereocenters. The van der Waals surface area contributed by atoms with Crippen molar-refractivity contribution in [2.24, 2.45) is 0 Å². The zero-order valence-electron chi connectivity index (χ0n) is 26.5. The summed E-state index contributed by atoms with van der Waals surface area (Å²) in [5.41, 5.74) is 13.8. The van der Waals surface area contributed by atoms with Crippen LogP contribution in [-0.4, -0.2) is 23.2 Å². The van der Waals surface area contributed by atoms with Crippen LogP contribution in [0.3, 0.4) is 0 Å². The summed E-state index contributed by atoms with van der Waals surface area (Å²) in [6.07, 6.45) is 0. The third kappa shape index (κ3) is 3.40. The Labute approximate surface area is 275 Å². The topological polar surface area (TPSA) is 39.0 Å². The Balaban J connectivity index is 1.33. The molecule has 0 bridgehead atoms. The molecule has 0 N–H and O–H groups in total. The highest BCUT2D eigenvalue weighted by atomic mass is 15.3. The Morgan fingerprint density at radius 2 is 0.958 bits per heavy atom. The number of nitrogens with zero attached hydrogens (tertiary/aromatic N) is 5. The molecular formula is C43H29N5. The van der Waals surface area contributed by atoms with E-state index in [0.29, 0.717) is 5.92 Å². The molecule has 4 heterocycles. The molecule has 0 atom stereocenters. The van der Waals surface area contributed by atoms with E-state index in [4.69, 9.17) is 9.97 Å². The zero-order chi connectivity index (χ0) is 31.7. The van der Waals surface area contributed by atoms with Gasteiger partial charge in [0.15, 0.2) is 0 Å². The van der Waals surface area contributed by atoms with Gasteiger partial charge in [-0.2, -0.15) is 0 Å². The Kier molecular flexibility index (Phi) is 4.97. The molecule has 226 valence electrons. The van der Waals surface area contributed by atoms with E-state index in [-0.39, 0.29) is 0 Å². The first-order valence-corrected chi connectivity index (χ1v) is 16.6. The standard InChI is InChI=1S/C43H29N5/c1-25(2)33-17-16-31(26-10-4-3-5-11-26)18-34(33)32-23-39-41-40(24-32)47-38-22-30-15-9-7-13-28(30)20-36(38)45-43(47)48(41)42-44-35-19-27-12-6-8-14-29(27)21-37(35)46(39)42/h3-25H,1-2H3. The first kappa shape index (κ1) is 25.9. The van der Waals surface area contributed by atoms with Crippen molar-refractivity contribution in [3.8, 4) is 22.3 Å². The summed E-state index contributed by atoms with van der Waals surface area (Å²) < 4.78 is 6.96. The summed E-state index contributed by atoms with van der Waals surface area (Å²) >= 11 is 0. The van der Waals surface area contributed by atoms with Crippen LogP contribution in [0.5, 0.6) is 0 Å². The van der Waals surface area contributed by atoms with Crippen LogP contribution in [-0.2, 0) is 0 Å². The van der Waals surface area contributed by atoms with Gasteiger partial charge in [-0.25, -0.2) is 14.4 Å². The second-order valence-electron chi connectivity index (χ2n) is 13.4. The van der Waals surface area contributed by atoms with Gasteiger partial charge in [-0.3, -0.25) is 8.80 Å². The summed E-state index contributed by atoms with van der Waals surface area (Å²) in [6.45, 7) is 4.57. The number of imidazole rings is 4. The van der Waals surface area contributed by atoms with E-state index < -0.39 is 0 Å². The smallest absolute Gasteiger partial charge is 0.223 e. The molecule has 5 heteroatoms. The van der Waals surface area contributed by atoms with Gasteiger partial charge in [0, 0.05) is 0 Å². The molecule has 0 saturated heterocycles. The minimum atomic E-state index is 0.357. The third-order valence-corrected chi connectivity index (χ3v) is 10.3. The van der Waals surface area contributed by atoms with Crippen molar-refractivity contribution in [2.75, 3.05) is 0 Å². The van der Waals surface area contributed by atoms with Crippen molar-refractivity contribution in [2.45, 2.75) is 19.8 Å². The van der Waals surface area contributed by atoms with Crippen LogP contribution in [0.1, 0.15) is 25.3 Å². The van der Waals surface area contributed by atoms with Gasteiger partial charge in [-0.15, -0.1) is 0 Å². The maximum atomic E-state index is 5.31. The minimum Gasteiger partial charge on any atom is -0.276 e. The molecule has 0 radical (unpaired) electrons. The summed E-state index contributed by atoms with van der Waals surface area (Å²) in [5.74, 6) is 2.12. The number of rotatable bonds is 3. The average Bonchev–Trinajstić information content (AvgIpc) is 3.84. The van der Waals surface area contributed by atoms with Gasteiger partial charge < -0.3 is 0 Å². The third-order valence-electron chi connectivity index (χ3n) is 10.3. The van der Waals surface area contributed by atoms with Crippen molar-refractivity contribution < 1.29 is 0 Å². The van der Waals surface area contributed by atoms with Crippen LogP contribution in [0.2, 0.25) is 0 Å². The van der Waals surface area contributed by atoms with Gasteiger partial charge in [0.25, 0.3) is 0 Å². The fraction of sp³-hybridized carbons (Fsp3) is 0.0698. The van der Waals surface area contributed by atoms with Crippen LogP contribution in [0.4, 0.5) is 0 Å². The molecule has 0 fully saturated rings. The van der Waals surface area contributed by atoms with Gasteiger partial charge in [0.1, 0.15) is 5.52 Å². The van der Waals surface area contributed by atoms with Crippen molar-refractivity contribution in [3.05, 3.63) is 139 Å². The highest BCUT2D eigenvalue weighted by molar-refractivity contribution is 6.08. The van der Waals surface area contributed by atoms with Crippen LogP contribution in [0.15, 0.2) is 133 Å². The van der Waals surface area contributed by atoms with E-state index >= 15 is 0 Å². The first-order chi connectivity index (χ1) is 23.6. The highest BCUT2D eigenvalue weighted by Crippen LogP contribution is 2.41. The number of aromatic nitrogens is 5. The molecule has 4 aromatic heterocycles. The Bertz CT molecular complexity index is 2930. The van der Waals surface area contributed by atoms with Gasteiger partial charge in [-0.05, 0) is 97.7 Å². The Morgan fingerprint density at radius 1 is 0.438 bits per heavy atom. The summed E-state index contributed by atoms with van der Waals surface area (Å²) in [5, 5.41) is 4.79. The lowest BCUT2D eigenvalue weighted by atomic mass is 9.89. The van der Waals surface area contributed by atoms with E-state index in [2.05, 4.69) is 161 Å². The molecule has 0 spiro atoms.